The van der Waals surface area contributed by atoms with Gasteiger partial charge in [0.05, 0.1) is 0 Å². The van der Waals surface area contributed by atoms with Crippen molar-refractivity contribution in [3.05, 3.63) is 48.8 Å². The zero-order valence-electron chi connectivity index (χ0n) is 13.4. The van der Waals surface area contributed by atoms with Crippen molar-refractivity contribution in [3.63, 3.8) is 0 Å². The fraction of sp³-hybridized carbons (Fsp3) is 0.389. The molecular weight excluding hydrogens is 304 g/mol. The molecule has 0 bridgehead atoms. The van der Waals surface area contributed by atoms with Gasteiger partial charge in [0, 0.05) is 50.2 Å². The Labute approximate surface area is 143 Å². The average molecular weight is 328 g/mol. The quantitative estimate of drug-likeness (QED) is 0.815. The molecule has 5 heteroatoms. The maximum absolute atomic E-state index is 5.56. The minimum Gasteiger partial charge on any atom is -0.385 e. The van der Waals surface area contributed by atoms with E-state index in [4.69, 9.17) is 12.2 Å². The van der Waals surface area contributed by atoms with E-state index >= 15 is 0 Å². The van der Waals surface area contributed by atoms with Crippen LogP contribution in [0, 0.1) is 0 Å². The number of fused-ring (bicyclic) bond motifs is 1. The second-order valence-corrected chi connectivity index (χ2v) is 6.29. The van der Waals surface area contributed by atoms with E-state index in [1.165, 1.54) is 16.8 Å². The van der Waals surface area contributed by atoms with Crippen LogP contribution in [0.15, 0.2) is 43.2 Å². The average Bonchev–Trinajstić information content (AvgIpc) is 2.82. The lowest BCUT2D eigenvalue weighted by molar-refractivity contribution is 0.237. The number of nitrogens with zero attached hydrogens (tertiary/aromatic N) is 2. The van der Waals surface area contributed by atoms with Gasteiger partial charge in [-0.2, -0.15) is 0 Å². The molecular formula is C18H24N4S. The van der Waals surface area contributed by atoms with Crippen molar-refractivity contribution in [2.24, 2.45) is 0 Å². The molecule has 2 N–H and O–H groups in total. The summed E-state index contributed by atoms with van der Waals surface area (Å²) in [6.45, 7) is 8.69. The third kappa shape index (κ3) is 3.85. The molecule has 2 aliphatic rings. The number of benzene rings is 1. The molecule has 122 valence electrons. The summed E-state index contributed by atoms with van der Waals surface area (Å²) in [6, 6.07) is 8.48. The van der Waals surface area contributed by atoms with Gasteiger partial charge in [-0.25, -0.2) is 0 Å². The molecule has 3 rings (SSSR count). The van der Waals surface area contributed by atoms with Gasteiger partial charge in [-0.05, 0) is 42.9 Å². The molecule has 0 aliphatic carbocycles. The third-order valence-corrected chi connectivity index (χ3v) is 4.82. The highest BCUT2D eigenvalue weighted by molar-refractivity contribution is 7.80. The fourth-order valence-corrected chi connectivity index (χ4v) is 3.29. The van der Waals surface area contributed by atoms with Gasteiger partial charge in [-0.3, -0.25) is 0 Å². The summed E-state index contributed by atoms with van der Waals surface area (Å²) in [7, 11) is 0. The summed E-state index contributed by atoms with van der Waals surface area (Å²) in [5.41, 5.74) is 3.80. The van der Waals surface area contributed by atoms with Gasteiger partial charge in [0.25, 0.3) is 0 Å². The van der Waals surface area contributed by atoms with Crippen LogP contribution in [0.1, 0.15) is 18.4 Å². The maximum atomic E-state index is 5.56. The molecule has 0 spiro atoms. The SMILES string of the molecule is C=CN1CCN(C(=S)N/C=C2/CCCNc3ccccc32)CC1. The number of anilines is 1. The van der Waals surface area contributed by atoms with Crippen molar-refractivity contribution >= 4 is 28.6 Å². The van der Waals surface area contributed by atoms with E-state index in [1.807, 2.05) is 6.20 Å². The predicted octanol–water partition coefficient (Wildman–Crippen LogP) is 2.87. The second-order valence-electron chi connectivity index (χ2n) is 5.90. The molecule has 1 saturated heterocycles. The molecule has 0 saturated carbocycles. The van der Waals surface area contributed by atoms with E-state index in [-0.39, 0.29) is 0 Å². The molecule has 0 unspecified atom stereocenters. The number of allylic oxidation sites excluding steroid dienone is 1. The molecule has 0 radical (unpaired) electrons. The maximum Gasteiger partial charge on any atom is 0.173 e. The van der Waals surface area contributed by atoms with Crippen LogP contribution in [0.2, 0.25) is 0 Å². The van der Waals surface area contributed by atoms with Crippen molar-refractivity contribution < 1.29 is 0 Å². The summed E-state index contributed by atoms with van der Waals surface area (Å²) >= 11 is 5.56. The number of hydrogen-bond donors (Lipinski definition) is 2. The van der Waals surface area contributed by atoms with E-state index in [0.717, 1.165) is 50.7 Å². The summed E-state index contributed by atoms with van der Waals surface area (Å²) in [4.78, 5) is 4.46. The second kappa shape index (κ2) is 7.51. The van der Waals surface area contributed by atoms with Gasteiger partial charge in [-0.15, -0.1) is 0 Å². The minimum atomic E-state index is 0.816. The summed E-state index contributed by atoms with van der Waals surface area (Å²) < 4.78 is 0. The molecule has 1 fully saturated rings. The lowest BCUT2D eigenvalue weighted by Gasteiger charge is -2.35. The standard InChI is InChI=1S/C18H24N4S/c1-2-21-10-12-22(13-11-21)18(23)20-14-15-6-5-9-19-17-8-4-3-7-16(15)17/h2-4,7-8,14,19H,1,5-6,9-13H2,(H,20,23)/b15-14-. The van der Waals surface area contributed by atoms with Crippen LogP contribution in [0.3, 0.4) is 0 Å². The number of piperazine rings is 1. The topological polar surface area (TPSA) is 30.5 Å². The molecule has 2 aliphatic heterocycles. The van der Waals surface area contributed by atoms with Crippen molar-refractivity contribution in [2.75, 3.05) is 38.0 Å². The van der Waals surface area contributed by atoms with Crippen LogP contribution >= 0.6 is 12.2 Å². The van der Waals surface area contributed by atoms with Crippen LogP contribution in [-0.4, -0.2) is 47.6 Å². The molecule has 4 nitrogen and oxygen atoms in total. The Kier molecular flexibility index (Phi) is 5.18. The monoisotopic (exact) mass is 328 g/mol. The van der Waals surface area contributed by atoms with Crippen molar-refractivity contribution in [3.8, 4) is 0 Å². The lowest BCUT2D eigenvalue weighted by atomic mass is 10.0. The number of nitrogens with one attached hydrogen (secondary N) is 2. The Morgan fingerprint density at radius 2 is 2.00 bits per heavy atom. The number of hydrogen-bond acceptors (Lipinski definition) is 3. The molecule has 0 aromatic heterocycles. The summed E-state index contributed by atoms with van der Waals surface area (Å²) in [5.74, 6) is 0. The minimum absolute atomic E-state index is 0.816. The van der Waals surface area contributed by atoms with Gasteiger partial charge in [0.15, 0.2) is 5.11 Å². The Bertz CT molecular complexity index is 603. The van der Waals surface area contributed by atoms with Gasteiger partial charge in [0.1, 0.15) is 0 Å². The molecule has 1 aromatic carbocycles. The highest BCUT2D eigenvalue weighted by Gasteiger charge is 2.16. The number of thiocarbonyl (C=S) groups is 1. The Balaban J connectivity index is 1.65. The zero-order valence-corrected chi connectivity index (χ0v) is 14.2. The van der Waals surface area contributed by atoms with Crippen LogP contribution in [-0.2, 0) is 0 Å². The van der Waals surface area contributed by atoms with Gasteiger partial charge >= 0.3 is 0 Å². The Hall–Kier alpha value is -2.01. The predicted molar refractivity (Wildman–Crippen MR) is 101 cm³/mol. The molecule has 0 atom stereocenters. The van der Waals surface area contributed by atoms with Crippen molar-refractivity contribution in [1.29, 1.82) is 0 Å². The fourth-order valence-electron chi connectivity index (χ4n) is 3.05. The molecule has 23 heavy (non-hydrogen) atoms. The van der Waals surface area contributed by atoms with E-state index in [9.17, 15) is 0 Å². The number of para-hydroxylation sites is 1. The third-order valence-electron chi connectivity index (χ3n) is 4.44. The molecule has 2 heterocycles. The normalized spacial score (nSPS) is 19.6. The van der Waals surface area contributed by atoms with E-state index in [2.05, 4.69) is 57.5 Å². The van der Waals surface area contributed by atoms with Gasteiger partial charge < -0.3 is 20.4 Å². The number of rotatable bonds is 2. The van der Waals surface area contributed by atoms with Crippen molar-refractivity contribution in [1.82, 2.24) is 15.1 Å². The van der Waals surface area contributed by atoms with Crippen LogP contribution in [0.25, 0.3) is 5.57 Å². The first-order chi connectivity index (χ1) is 11.3. The van der Waals surface area contributed by atoms with Gasteiger partial charge in [-0.1, -0.05) is 24.8 Å². The lowest BCUT2D eigenvalue weighted by Crippen LogP contribution is -2.49. The van der Waals surface area contributed by atoms with Crippen LogP contribution < -0.4 is 10.6 Å². The van der Waals surface area contributed by atoms with E-state index in [0.29, 0.717) is 0 Å². The molecule has 0 amide bonds. The van der Waals surface area contributed by atoms with Crippen LogP contribution in [0.5, 0.6) is 0 Å². The largest absolute Gasteiger partial charge is 0.385 e. The van der Waals surface area contributed by atoms with E-state index < -0.39 is 0 Å². The highest BCUT2D eigenvalue weighted by Crippen LogP contribution is 2.29. The molecule has 1 aromatic rings. The Morgan fingerprint density at radius 1 is 1.22 bits per heavy atom. The Morgan fingerprint density at radius 3 is 2.78 bits per heavy atom. The van der Waals surface area contributed by atoms with Crippen molar-refractivity contribution in [2.45, 2.75) is 12.8 Å². The summed E-state index contributed by atoms with van der Waals surface area (Å²) in [6.07, 6.45) is 6.19. The van der Waals surface area contributed by atoms with Gasteiger partial charge in [0.2, 0.25) is 0 Å². The first-order valence-electron chi connectivity index (χ1n) is 8.22. The first-order valence-corrected chi connectivity index (χ1v) is 8.63. The smallest absolute Gasteiger partial charge is 0.173 e. The summed E-state index contributed by atoms with van der Waals surface area (Å²) in [5, 5.41) is 7.65. The highest BCUT2D eigenvalue weighted by atomic mass is 32.1. The van der Waals surface area contributed by atoms with E-state index in [1.54, 1.807) is 0 Å². The first kappa shape index (κ1) is 15.9. The zero-order chi connectivity index (χ0) is 16.1. The van der Waals surface area contributed by atoms with Crippen LogP contribution in [0.4, 0.5) is 5.69 Å².